The molecule has 0 radical (unpaired) electrons. The Bertz CT molecular complexity index is 1380. The average Bonchev–Trinajstić information content (AvgIpc) is 3.28. The number of amides is 1. The molecule has 0 unspecified atom stereocenters. The van der Waals surface area contributed by atoms with Crippen molar-refractivity contribution < 1.29 is 13.9 Å². The molecule has 4 rings (SSSR count). The summed E-state index contributed by atoms with van der Waals surface area (Å²) in [5.74, 6) is 0.352. The van der Waals surface area contributed by atoms with Gasteiger partial charge >= 0.3 is 0 Å². The fourth-order valence-corrected chi connectivity index (χ4v) is 3.71. The standard InChI is InChI=1S/C26H28FN5O3/c1-17(2)35-22-12-6-19(7-13-22)15-28-24(33)5-4-14-31-26(34)25-23(18(3)29-31)16-32(30-25)21-10-8-20(27)9-11-21/h6-13,16-17H,4-5,14-15H2,1-3H3,(H,28,33). The van der Waals surface area contributed by atoms with Crippen molar-refractivity contribution in [1.82, 2.24) is 24.9 Å². The lowest BCUT2D eigenvalue weighted by molar-refractivity contribution is -0.121. The van der Waals surface area contributed by atoms with Gasteiger partial charge in [0.2, 0.25) is 5.91 Å². The summed E-state index contributed by atoms with van der Waals surface area (Å²) in [4.78, 5) is 25.2. The maximum atomic E-state index is 13.2. The molecule has 0 aliphatic rings. The van der Waals surface area contributed by atoms with E-state index in [1.807, 2.05) is 38.1 Å². The molecule has 2 heterocycles. The van der Waals surface area contributed by atoms with Crippen molar-refractivity contribution in [3.63, 3.8) is 0 Å². The van der Waals surface area contributed by atoms with Crippen molar-refractivity contribution in [2.24, 2.45) is 0 Å². The molecule has 4 aromatic rings. The molecule has 0 fully saturated rings. The molecule has 8 nitrogen and oxygen atoms in total. The minimum absolute atomic E-state index is 0.0982. The van der Waals surface area contributed by atoms with E-state index in [0.29, 0.717) is 36.3 Å². The van der Waals surface area contributed by atoms with Gasteiger partial charge in [0, 0.05) is 31.1 Å². The van der Waals surface area contributed by atoms with E-state index < -0.39 is 0 Å². The third-order valence-electron chi connectivity index (χ3n) is 5.46. The van der Waals surface area contributed by atoms with Crippen LogP contribution in [0.5, 0.6) is 5.75 Å². The first-order valence-corrected chi connectivity index (χ1v) is 11.6. The van der Waals surface area contributed by atoms with Crippen molar-refractivity contribution in [2.75, 3.05) is 0 Å². The maximum Gasteiger partial charge on any atom is 0.295 e. The summed E-state index contributed by atoms with van der Waals surface area (Å²) in [7, 11) is 0. The molecule has 0 atom stereocenters. The second-order valence-corrected chi connectivity index (χ2v) is 8.62. The normalized spacial score (nSPS) is 11.2. The van der Waals surface area contributed by atoms with Gasteiger partial charge in [-0.15, -0.1) is 0 Å². The zero-order chi connectivity index (χ0) is 24.9. The lowest BCUT2D eigenvalue weighted by Crippen LogP contribution is -2.26. The molecular weight excluding hydrogens is 449 g/mol. The first-order chi connectivity index (χ1) is 16.8. The highest BCUT2D eigenvalue weighted by Crippen LogP contribution is 2.16. The van der Waals surface area contributed by atoms with E-state index in [-0.39, 0.29) is 35.3 Å². The second kappa shape index (κ2) is 10.5. The molecule has 0 saturated carbocycles. The summed E-state index contributed by atoms with van der Waals surface area (Å²) < 4.78 is 21.7. The van der Waals surface area contributed by atoms with E-state index >= 15 is 0 Å². The minimum atomic E-state index is -0.344. The first kappa shape index (κ1) is 24.1. The number of fused-ring (bicyclic) bond motifs is 1. The van der Waals surface area contributed by atoms with Gasteiger partial charge in [-0.05, 0) is 69.2 Å². The summed E-state index contributed by atoms with van der Waals surface area (Å²) >= 11 is 0. The Kier molecular flexibility index (Phi) is 7.24. The van der Waals surface area contributed by atoms with Crippen LogP contribution in [0.25, 0.3) is 16.6 Å². The maximum absolute atomic E-state index is 13.2. The summed E-state index contributed by atoms with van der Waals surface area (Å²) in [6, 6.07) is 13.5. The minimum Gasteiger partial charge on any atom is -0.491 e. The van der Waals surface area contributed by atoms with Crippen molar-refractivity contribution in [3.05, 3.63) is 82.2 Å². The van der Waals surface area contributed by atoms with Crippen molar-refractivity contribution in [3.8, 4) is 11.4 Å². The van der Waals surface area contributed by atoms with Crippen molar-refractivity contribution in [1.29, 1.82) is 0 Å². The van der Waals surface area contributed by atoms with Crippen LogP contribution < -0.4 is 15.6 Å². The zero-order valence-corrected chi connectivity index (χ0v) is 20.0. The average molecular weight is 478 g/mol. The number of ether oxygens (including phenoxy) is 1. The highest BCUT2D eigenvalue weighted by atomic mass is 19.1. The number of aromatic nitrogens is 4. The van der Waals surface area contributed by atoms with E-state index in [1.165, 1.54) is 16.8 Å². The predicted octanol–water partition coefficient (Wildman–Crippen LogP) is 3.91. The Morgan fingerprint density at radius 2 is 1.80 bits per heavy atom. The van der Waals surface area contributed by atoms with Gasteiger partial charge in [0.05, 0.1) is 17.5 Å². The number of benzene rings is 2. The molecule has 2 aromatic carbocycles. The van der Waals surface area contributed by atoms with Crippen molar-refractivity contribution in [2.45, 2.75) is 52.8 Å². The summed E-state index contributed by atoms with van der Waals surface area (Å²) in [6.45, 7) is 6.47. The van der Waals surface area contributed by atoms with Crippen LogP contribution in [-0.4, -0.2) is 31.6 Å². The molecule has 0 saturated heterocycles. The largest absolute Gasteiger partial charge is 0.491 e. The van der Waals surface area contributed by atoms with Crippen LogP contribution >= 0.6 is 0 Å². The Morgan fingerprint density at radius 3 is 2.49 bits per heavy atom. The number of carbonyl (C=O) groups is 1. The summed E-state index contributed by atoms with van der Waals surface area (Å²) in [5, 5.41) is 12.3. The SMILES string of the molecule is Cc1nn(CCCC(=O)NCc2ccc(OC(C)C)cc2)c(=O)c2nn(-c3ccc(F)cc3)cc12. The fourth-order valence-electron chi connectivity index (χ4n) is 3.71. The number of nitrogens with one attached hydrogen (secondary N) is 1. The van der Waals surface area contributed by atoms with Crippen LogP contribution in [0.2, 0.25) is 0 Å². The molecule has 1 amide bonds. The van der Waals surface area contributed by atoms with Crippen LogP contribution in [0.15, 0.2) is 59.5 Å². The highest BCUT2D eigenvalue weighted by Gasteiger charge is 2.14. The van der Waals surface area contributed by atoms with Crippen LogP contribution in [0, 0.1) is 12.7 Å². The number of rotatable bonds is 9. The quantitative estimate of drug-likeness (QED) is 0.395. The van der Waals surface area contributed by atoms with Gasteiger partial charge in [0.1, 0.15) is 11.6 Å². The Morgan fingerprint density at radius 1 is 1.09 bits per heavy atom. The first-order valence-electron chi connectivity index (χ1n) is 11.6. The molecule has 9 heteroatoms. The van der Waals surface area contributed by atoms with Gasteiger partial charge in [-0.2, -0.15) is 10.2 Å². The molecule has 0 bridgehead atoms. The number of hydrogen-bond donors (Lipinski definition) is 1. The van der Waals surface area contributed by atoms with Gasteiger partial charge < -0.3 is 10.1 Å². The van der Waals surface area contributed by atoms with E-state index in [2.05, 4.69) is 15.5 Å². The van der Waals surface area contributed by atoms with Gasteiger partial charge in [0.25, 0.3) is 5.56 Å². The molecule has 2 aromatic heterocycles. The van der Waals surface area contributed by atoms with Gasteiger partial charge in [-0.1, -0.05) is 12.1 Å². The highest BCUT2D eigenvalue weighted by molar-refractivity contribution is 5.79. The molecule has 35 heavy (non-hydrogen) atoms. The van der Waals surface area contributed by atoms with Crippen LogP contribution in [0.4, 0.5) is 4.39 Å². The lowest BCUT2D eigenvalue weighted by atomic mass is 10.2. The van der Waals surface area contributed by atoms with Crippen LogP contribution in [0.3, 0.4) is 0 Å². The van der Waals surface area contributed by atoms with E-state index in [4.69, 9.17) is 4.74 Å². The lowest BCUT2D eigenvalue weighted by Gasteiger charge is -2.10. The predicted molar refractivity (Wildman–Crippen MR) is 131 cm³/mol. The summed E-state index contributed by atoms with van der Waals surface area (Å²) in [6.07, 6.45) is 2.55. The molecule has 0 aliphatic heterocycles. The van der Waals surface area contributed by atoms with Gasteiger partial charge in [-0.3, -0.25) is 9.59 Å². The Balaban J connectivity index is 1.34. The number of halogens is 1. The Labute approximate surface area is 202 Å². The van der Waals surface area contributed by atoms with Crippen LogP contribution in [-0.2, 0) is 17.9 Å². The summed E-state index contributed by atoms with van der Waals surface area (Å²) in [5.41, 5.74) is 2.24. The molecule has 1 N–H and O–H groups in total. The topological polar surface area (TPSA) is 91.0 Å². The van der Waals surface area contributed by atoms with Crippen molar-refractivity contribution >= 4 is 16.8 Å². The molecule has 182 valence electrons. The number of aryl methyl sites for hydroxylation is 2. The molecule has 0 aliphatic carbocycles. The van der Waals surface area contributed by atoms with Crippen LogP contribution in [0.1, 0.15) is 37.9 Å². The number of nitrogens with zero attached hydrogens (tertiary/aromatic N) is 4. The van der Waals surface area contributed by atoms with Gasteiger partial charge in [0.15, 0.2) is 5.52 Å². The zero-order valence-electron chi connectivity index (χ0n) is 20.0. The second-order valence-electron chi connectivity index (χ2n) is 8.62. The fraction of sp³-hybridized carbons (Fsp3) is 0.308. The smallest absolute Gasteiger partial charge is 0.295 e. The van der Waals surface area contributed by atoms with E-state index in [9.17, 15) is 14.0 Å². The third-order valence-corrected chi connectivity index (χ3v) is 5.46. The van der Waals surface area contributed by atoms with E-state index in [1.54, 1.807) is 29.9 Å². The molecule has 0 spiro atoms. The Hall–Kier alpha value is -4.01. The number of hydrogen-bond acceptors (Lipinski definition) is 5. The van der Waals surface area contributed by atoms with Gasteiger partial charge in [-0.25, -0.2) is 13.8 Å². The number of carbonyl (C=O) groups excluding carboxylic acids is 1. The molecular formula is C26H28FN5O3. The third kappa shape index (κ3) is 5.92. The van der Waals surface area contributed by atoms with E-state index in [0.717, 1.165) is 11.3 Å². The monoisotopic (exact) mass is 477 g/mol.